The summed E-state index contributed by atoms with van der Waals surface area (Å²) in [6.45, 7) is 8.96. The summed E-state index contributed by atoms with van der Waals surface area (Å²) in [6.07, 6.45) is 9.11. The Labute approximate surface area is 163 Å². The van der Waals surface area contributed by atoms with E-state index in [1.54, 1.807) is 6.08 Å². The average Bonchev–Trinajstić information content (AvgIpc) is 3.03. The van der Waals surface area contributed by atoms with E-state index in [0.717, 1.165) is 45.1 Å². The number of rotatable bonds is 2. The Balaban J connectivity index is 1.74. The zero-order chi connectivity index (χ0) is 19.2. The summed E-state index contributed by atoms with van der Waals surface area (Å²) in [5, 5.41) is 15.0. The summed E-state index contributed by atoms with van der Waals surface area (Å²) in [6, 6.07) is 0. The highest BCUT2D eigenvalue weighted by Gasteiger charge is 2.57. The minimum Gasteiger partial charge on any atom is -0.389 e. The molecule has 0 aromatic heterocycles. The van der Waals surface area contributed by atoms with E-state index >= 15 is 0 Å². The summed E-state index contributed by atoms with van der Waals surface area (Å²) >= 11 is 0. The lowest BCUT2D eigenvalue weighted by Crippen LogP contribution is -2.56. The number of nitrogens with one attached hydrogen (secondary N) is 1. The van der Waals surface area contributed by atoms with Gasteiger partial charge in [0.25, 0.3) is 0 Å². The van der Waals surface area contributed by atoms with Crippen LogP contribution in [0.3, 0.4) is 0 Å². The van der Waals surface area contributed by atoms with Crippen molar-refractivity contribution in [3.8, 4) is 0 Å². The van der Waals surface area contributed by atoms with Crippen LogP contribution in [0.4, 0.5) is 0 Å². The minimum atomic E-state index is -0.706. The second kappa shape index (κ2) is 7.27. The van der Waals surface area contributed by atoms with Crippen molar-refractivity contribution in [2.24, 2.45) is 17.3 Å². The van der Waals surface area contributed by atoms with Gasteiger partial charge < -0.3 is 19.3 Å². The van der Waals surface area contributed by atoms with E-state index < -0.39 is 5.60 Å². The fourth-order valence-electron chi connectivity index (χ4n) is 5.88. The smallest absolute Gasteiger partial charge is 0.177 e. The van der Waals surface area contributed by atoms with Gasteiger partial charge in [-0.2, -0.15) is 0 Å². The summed E-state index contributed by atoms with van der Waals surface area (Å²) in [4.78, 5) is 0. The Morgan fingerprint density at radius 3 is 2.81 bits per heavy atom. The Kier molecular flexibility index (Phi) is 5.27. The van der Waals surface area contributed by atoms with Gasteiger partial charge in [-0.25, -0.2) is 0 Å². The molecule has 4 rings (SSSR count). The van der Waals surface area contributed by atoms with Crippen molar-refractivity contribution in [2.75, 3.05) is 13.7 Å². The molecule has 0 radical (unpaired) electrons. The first kappa shape index (κ1) is 19.6. The maximum Gasteiger partial charge on any atom is 0.177 e. The molecule has 2 aliphatic carbocycles. The molecular formula is C22H35NO4. The lowest BCUT2D eigenvalue weighted by atomic mass is 9.55. The van der Waals surface area contributed by atoms with Gasteiger partial charge in [-0.15, -0.1) is 0 Å². The predicted octanol–water partition coefficient (Wildman–Crippen LogP) is 3.14. The van der Waals surface area contributed by atoms with Crippen LogP contribution in [0.2, 0.25) is 0 Å². The lowest BCUT2D eigenvalue weighted by molar-refractivity contribution is -0.120. The van der Waals surface area contributed by atoms with Crippen LogP contribution in [-0.2, 0) is 14.2 Å². The third-order valence-corrected chi connectivity index (χ3v) is 7.70. The first-order chi connectivity index (χ1) is 12.9. The second-order valence-electron chi connectivity index (χ2n) is 9.26. The van der Waals surface area contributed by atoms with Crippen LogP contribution in [0.25, 0.3) is 0 Å². The van der Waals surface area contributed by atoms with E-state index in [4.69, 9.17) is 14.2 Å². The van der Waals surface area contributed by atoms with Crippen molar-refractivity contribution >= 4 is 0 Å². The molecule has 5 heteroatoms. The number of fused-ring (bicyclic) bond motifs is 6. The number of hydrogen-bond donors (Lipinski definition) is 2. The molecule has 2 aliphatic heterocycles. The average molecular weight is 378 g/mol. The van der Waals surface area contributed by atoms with Gasteiger partial charge >= 0.3 is 0 Å². The SMILES string of the molecule is C=CC1OC2C3=CCCC(O)(CC4CCOC(NC)CCC4C2O1)C3(C)C. The number of aliphatic hydroxyl groups is 1. The van der Waals surface area contributed by atoms with Crippen molar-refractivity contribution < 1.29 is 19.3 Å². The largest absolute Gasteiger partial charge is 0.389 e. The van der Waals surface area contributed by atoms with Crippen LogP contribution in [-0.4, -0.2) is 49.1 Å². The molecule has 4 aliphatic rings. The highest BCUT2D eigenvalue weighted by Crippen LogP contribution is 2.56. The molecule has 7 atom stereocenters. The Morgan fingerprint density at radius 2 is 2.07 bits per heavy atom. The molecule has 1 saturated carbocycles. The van der Waals surface area contributed by atoms with Crippen molar-refractivity contribution in [3.05, 3.63) is 24.3 Å². The molecular weight excluding hydrogens is 342 g/mol. The summed E-state index contributed by atoms with van der Waals surface area (Å²) in [5.41, 5.74) is 0.185. The van der Waals surface area contributed by atoms with Crippen LogP contribution in [0.5, 0.6) is 0 Å². The Hall–Kier alpha value is -0.720. The van der Waals surface area contributed by atoms with Gasteiger partial charge in [0.15, 0.2) is 6.29 Å². The van der Waals surface area contributed by atoms with Crippen molar-refractivity contribution in [2.45, 2.75) is 82.7 Å². The second-order valence-corrected chi connectivity index (χ2v) is 9.26. The summed E-state index contributed by atoms with van der Waals surface area (Å²) in [7, 11) is 1.95. The predicted molar refractivity (Wildman–Crippen MR) is 104 cm³/mol. The van der Waals surface area contributed by atoms with Crippen molar-refractivity contribution in [1.29, 1.82) is 0 Å². The first-order valence-corrected chi connectivity index (χ1v) is 10.5. The highest BCUT2D eigenvalue weighted by molar-refractivity contribution is 5.30. The molecule has 2 bridgehead atoms. The summed E-state index contributed by atoms with van der Waals surface area (Å²) < 4.78 is 18.7. The van der Waals surface area contributed by atoms with E-state index in [1.165, 1.54) is 5.57 Å². The highest BCUT2D eigenvalue weighted by atomic mass is 16.7. The maximum absolute atomic E-state index is 11.8. The maximum atomic E-state index is 11.8. The van der Waals surface area contributed by atoms with E-state index in [1.807, 2.05) is 7.05 Å². The quantitative estimate of drug-likeness (QED) is 0.724. The molecule has 2 heterocycles. The summed E-state index contributed by atoms with van der Waals surface area (Å²) in [5.74, 6) is 0.718. The number of hydrogen-bond acceptors (Lipinski definition) is 5. The topological polar surface area (TPSA) is 60.0 Å². The lowest BCUT2D eigenvalue weighted by Gasteiger charge is -2.54. The van der Waals surface area contributed by atoms with Crippen LogP contribution in [0, 0.1) is 17.3 Å². The molecule has 152 valence electrons. The normalized spacial score (nSPS) is 46.7. The van der Waals surface area contributed by atoms with Gasteiger partial charge in [0, 0.05) is 12.0 Å². The van der Waals surface area contributed by atoms with E-state index in [-0.39, 0.29) is 30.1 Å². The van der Waals surface area contributed by atoms with Crippen LogP contribution < -0.4 is 5.32 Å². The Bertz CT molecular complexity index is 603. The standard InChI is InChI=1S/C22H35NO4/c1-5-18-26-19-15-8-9-17(23-4)25-12-10-14(15)13-22(24)11-6-7-16(20(19)27-18)21(22,2)3/h5,7,14-15,17-20,23-24H,1,6,8-13H2,2-4H3. The molecule has 0 aromatic rings. The first-order valence-electron chi connectivity index (χ1n) is 10.5. The van der Waals surface area contributed by atoms with E-state index in [2.05, 4.69) is 31.8 Å². The van der Waals surface area contributed by atoms with E-state index in [0.29, 0.717) is 11.8 Å². The Morgan fingerprint density at radius 1 is 1.26 bits per heavy atom. The molecule has 0 spiro atoms. The molecule has 5 nitrogen and oxygen atoms in total. The van der Waals surface area contributed by atoms with Crippen molar-refractivity contribution in [1.82, 2.24) is 5.32 Å². The minimum absolute atomic E-state index is 0.0155. The fourth-order valence-corrected chi connectivity index (χ4v) is 5.88. The van der Waals surface area contributed by atoms with Gasteiger partial charge in [0.2, 0.25) is 0 Å². The molecule has 2 saturated heterocycles. The number of ether oxygens (including phenoxy) is 3. The van der Waals surface area contributed by atoms with Crippen molar-refractivity contribution in [3.63, 3.8) is 0 Å². The zero-order valence-electron chi connectivity index (χ0n) is 16.9. The van der Waals surface area contributed by atoms with Gasteiger partial charge in [0.05, 0.1) is 11.7 Å². The zero-order valence-corrected chi connectivity index (χ0v) is 16.9. The third-order valence-electron chi connectivity index (χ3n) is 7.70. The van der Waals surface area contributed by atoms with Gasteiger partial charge in [0.1, 0.15) is 12.3 Å². The molecule has 0 aromatic carbocycles. The van der Waals surface area contributed by atoms with Gasteiger partial charge in [-0.1, -0.05) is 26.5 Å². The number of allylic oxidation sites excluding steroid dienone is 1. The van der Waals surface area contributed by atoms with Crippen LogP contribution in [0.15, 0.2) is 24.3 Å². The fraction of sp³-hybridized carbons (Fsp3) is 0.818. The third kappa shape index (κ3) is 3.22. The molecule has 27 heavy (non-hydrogen) atoms. The monoisotopic (exact) mass is 377 g/mol. The molecule has 3 fully saturated rings. The van der Waals surface area contributed by atoms with E-state index in [9.17, 15) is 5.11 Å². The van der Waals surface area contributed by atoms with Gasteiger partial charge in [-0.3, -0.25) is 5.32 Å². The van der Waals surface area contributed by atoms with Crippen LogP contribution in [0.1, 0.15) is 52.4 Å². The van der Waals surface area contributed by atoms with Gasteiger partial charge in [-0.05, 0) is 69.1 Å². The molecule has 7 unspecified atom stereocenters. The molecule has 2 N–H and O–H groups in total. The van der Waals surface area contributed by atoms with Crippen LogP contribution >= 0.6 is 0 Å². The molecule has 0 amide bonds.